The first-order valence-corrected chi connectivity index (χ1v) is 6.89. The largest absolute Gasteiger partial charge is 0.380 e. The van der Waals surface area contributed by atoms with Crippen LogP contribution in [0.15, 0.2) is 30.7 Å². The van der Waals surface area contributed by atoms with E-state index >= 15 is 0 Å². The Hall–Kier alpha value is -1.79. The van der Waals surface area contributed by atoms with Crippen molar-refractivity contribution in [3.8, 4) is 0 Å². The summed E-state index contributed by atoms with van der Waals surface area (Å²) in [6, 6.07) is 4.08. The van der Waals surface area contributed by atoms with Crippen molar-refractivity contribution in [1.82, 2.24) is 25.3 Å². The summed E-state index contributed by atoms with van der Waals surface area (Å²) in [5, 5.41) is 11.1. The summed E-state index contributed by atoms with van der Waals surface area (Å²) in [6.07, 6.45) is 7.63. The zero-order valence-electron chi connectivity index (χ0n) is 11.8. The lowest BCUT2D eigenvalue weighted by molar-refractivity contribution is 0.121. The molecule has 6 nitrogen and oxygen atoms in total. The molecule has 0 radical (unpaired) electrons. The molecule has 2 aromatic heterocycles. The molecule has 2 rings (SSSR count). The molecule has 0 atom stereocenters. The molecule has 0 unspecified atom stereocenters. The molecular weight excluding hydrogens is 254 g/mol. The highest BCUT2D eigenvalue weighted by atomic mass is 16.5. The minimum atomic E-state index is 0.665. The predicted octanol–water partition coefficient (Wildman–Crippen LogP) is 1.04. The Morgan fingerprint density at radius 3 is 2.90 bits per heavy atom. The van der Waals surface area contributed by atoms with Crippen LogP contribution < -0.4 is 5.32 Å². The zero-order valence-corrected chi connectivity index (χ0v) is 11.8. The van der Waals surface area contributed by atoms with Crippen LogP contribution in [-0.4, -0.2) is 40.2 Å². The summed E-state index contributed by atoms with van der Waals surface area (Å²) in [5.41, 5.74) is 2.25. The highest BCUT2D eigenvalue weighted by molar-refractivity contribution is 5.09. The first-order valence-electron chi connectivity index (χ1n) is 6.89. The van der Waals surface area contributed by atoms with Gasteiger partial charge < -0.3 is 10.1 Å². The molecule has 0 saturated heterocycles. The first-order chi connectivity index (χ1) is 9.88. The number of rotatable bonds is 9. The molecule has 108 valence electrons. The molecule has 6 heteroatoms. The van der Waals surface area contributed by atoms with Crippen LogP contribution in [0.4, 0.5) is 0 Å². The maximum Gasteiger partial charge on any atom is 0.0964 e. The van der Waals surface area contributed by atoms with Crippen LogP contribution in [0.3, 0.4) is 0 Å². The van der Waals surface area contributed by atoms with Gasteiger partial charge in [-0.2, -0.15) is 0 Å². The van der Waals surface area contributed by atoms with Gasteiger partial charge in [0.25, 0.3) is 0 Å². The zero-order chi connectivity index (χ0) is 14.0. The highest BCUT2D eigenvalue weighted by Crippen LogP contribution is 2.01. The van der Waals surface area contributed by atoms with E-state index in [0.29, 0.717) is 6.61 Å². The third-order valence-corrected chi connectivity index (χ3v) is 2.91. The van der Waals surface area contributed by atoms with Gasteiger partial charge in [0.1, 0.15) is 0 Å². The van der Waals surface area contributed by atoms with Gasteiger partial charge in [-0.25, -0.2) is 4.68 Å². The number of aryl methyl sites for hydroxylation is 1. The summed E-state index contributed by atoms with van der Waals surface area (Å²) in [4.78, 5) is 4.00. The number of pyridine rings is 1. The Balaban J connectivity index is 1.55. The fraction of sp³-hybridized carbons (Fsp3) is 0.500. The molecule has 2 aromatic rings. The lowest BCUT2D eigenvalue weighted by Crippen LogP contribution is -2.08. The molecule has 0 spiro atoms. The van der Waals surface area contributed by atoms with Crippen molar-refractivity contribution in [3.05, 3.63) is 42.0 Å². The molecule has 20 heavy (non-hydrogen) atoms. The maximum atomic E-state index is 5.61. The Bertz CT molecular complexity index is 485. The Morgan fingerprint density at radius 2 is 2.10 bits per heavy atom. The second-order valence-electron chi connectivity index (χ2n) is 4.57. The SMILES string of the molecule is CNCc1cn(CCOCCCc2ccncc2)nn1. The molecule has 0 aliphatic rings. The molecule has 0 aromatic carbocycles. The van der Waals surface area contributed by atoms with Crippen LogP contribution in [0.25, 0.3) is 0 Å². The van der Waals surface area contributed by atoms with Gasteiger partial charge in [-0.15, -0.1) is 5.10 Å². The van der Waals surface area contributed by atoms with Crippen molar-refractivity contribution < 1.29 is 4.74 Å². The van der Waals surface area contributed by atoms with Gasteiger partial charge in [0.15, 0.2) is 0 Å². The topological polar surface area (TPSA) is 64.9 Å². The van der Waals surface area contributed by atoms with Gasteiger partial charge in [-0.1, -0.05) is 5.21 Å². The highest BCUT2D eigenvalue weighted by Gasteiger charge is 1.99. The van der Waals surface area contributed by atoms with Crippen LogP contribution in [-0.2, 0) is 24.2 Å². The van der Waals surface area contributed by atoms with Crippen LogP contribution in [0, 0.1) is 0 Å². The molecule has 0 saturated carbocycles. The normalized spacial score (nSPS) is 10.8. The van der Waals surface area contributed by atoms with Gasteiger partial charge in [0.05, 0.1) is 18.8 Å². The van der Waals surface area contributed by atoms with E-state index in [9.17, 15) is 0 Å². The van der Waals surface area contributed by atoms with E-state index in [2.05, 4.69) is 20.6 Å². The van der Waals surface area contributed by atoms with E-state index in [1.807, 2.05) is 42.5 Å². The van der Waals surface area contributed by atoms with E-state index in [0.717, 1.165) is 38.2 Å². The second-order valence-corrected chi connectivity index (χ2v) is 4.57. The smallest absolute Gasteiger partial charge is 0.0964 e. The monoisotopic (exact) mass is 275 g/mol. The number of hydrogen-bond donors (Lipinski definition) is 1. The third kappa shape index (κ3) is 5.07. The molecule has 0 aliphatic heterocycles. The fourth-order valence-corrected chi connectivity index (χ4v) is 1.90. The van der Waals surface area contributed by atoms with E-state index in [4.69, 9.17) is 4.74 Å². The van der Waals surface area contributed by atoms with Crippen LogP contribution >= 0.6 is 0 Å². The number of hydrogen-bond acceptors (Lipinski definition) is 5. The first kappa shape index (κ1) is 14.6. The van der Waals surface area contributed by atoms with Crippen molar-refractivity contribution in [1.29, 1.82) is 0 Å². The van der Waals surface area contributed by atoms with E-state index in [1.54, 1.807) is 0 Å². The van der Waals surface area contributed by atoms with Crippen molar-refractivity contribution in [2.75, 3.05) is 20.3 Å². The van der Waals surface area contributed by atoms with Gasteiger partial charge in [0.2, 0.25) is 0 Å². The Labute approximate surface area is 119 Å². The number of aromatic nitrogens is 4. The van der Waals surface area contributed by atoms with E-state index in [-0.39, 0.29) is 0 Å². The summed E-state index contributed by atoms with van der Waals surface area (Å²) in [6.45, 7) is 2.91. The van der Waals surface area contributed by atoms with Gasteiger partial charge >= 0.3 is 0 Å². The van der Waals surface area contributed by atoms with Crippen molar-refractivity contribution in [3.63, 3.8) is 0 Å². The number of nitrogens with zero attached hydrogens (tertiary/aromatic N) is 4. The van der Waals surface area contributed by atoms with E-state index < -0.39 is 0 Å². The second kappa shape index (κ2) is 8.39. The summed E-state index contributed by atoms with van der Waals surface area (Å²) >= 11 is 0. The van der Waals surface area contributed by atoms with Gasteiger partial charge in [-0.3, -0.25) is 4.98 Å². The quantitative estimate of drug-likeness (QED) is 0.693. The standard InChI is InChI=1S/C14H21N5O/c1-15-11-14-12-19(18-17-14)8-10-20-9-2-3-13-4-6-16-7-5-13/h4-7,12,15H,2-3,8-11H2,1H3. The Kier molecular flexibility index (Phi) is 6.13. The third-order valence-electron chi connectivity index (χ3n) is 2.91. The average molecular weight is 275 g/mol. The Morgan fingerprint density at radius 1 is 1.25 bits per heavy atom. The molecular formula is C14H21N5O. The number of ether oxygens (including phenoxy) is 1. The molecule has 0 aliphatic carbocycles. The summed E-state index contributed by atoms with van der Waals surface area (Å²) in [5.74, 6) is 0. The predicted molar refractivity (Wildman–Crippen MR) is 76.2 cm³/mol. The maximum absolute atomic E-state index is 5.61. The summed E-state index contributed by atoms with van der Waals surface area (Å²) in [7, 11) is 1.89. The lowest BCUT2D eigenvalue weighted by Gasteiger charge is -2.04. The van der Waals surface area contributed by atoms with Crippen LogP contribution in [0.5, 0.6) is 0 Å². The summed E-state index contributed by atoms with van der Waals surface area (Å²) < 4.78 is 7.42. The minimum absolute atomic E-state index is 0.665. The van der Waals surface area contributed by atoms with Crippen molar-refractivity contribution in [2.24, 2.45) is 0 Å². The van der Waals surface area contributed by atoms with E-state index in [1.165, 1.54) is 5.56 Å². The molecule has 2 heterocycles. The van der Waals surface area contributed by atoms with Crippen LogP contribution in [0.1, 0.15) is 17.7 Å². The van der Waals surface area contributed by atoms with Crippen molar-refractivity contribution >= 4 is 0 Å². The lowest BCUT2D eigenvalue weighted by atomic mass is 10.1. The molecule has 0 bridgehead atoms. The molecule has 0 fully saturated rings. The van der Waals surface area contributed by atoms with Crippen LogP contribution in [0.2, 0.25) is 0 Å². The number of nitrogens with one attached hydrogen (secondary N) is 1. The van der Waals surface area contributed by atoms with Gasteiger partial charge in [0, 0.05) is 31.7 Å². The minimum Gasteiger partial charge on any atom is -0.380 e. The average Bonchev–Trinajstić information content (AvgIpc) is 2.92. The van der Waals surface area contributed by atoms with Crippen molar-refractivity contribution in [2.45, 2.75) is 25.9 Å². The fourth-order valence-electron chi connectivity index (χ4n) is 1.90. The van der Waals surface area contributed by atoms with Gasteiger partial charge in [-0.05, 0) is 37.6 Å². The molecule has 1 N–H and O–H groups in total. The molecule has 0 amide bonds.